The van der Waals surface area contributed by atoms with E-state index in [2.05, 4.69) is 0 Å². The molecule has 0 aromatic carbocycles. The van der Waals surface area contributed by atoms with Crippen molar-refractivity contribution in [2.75, 3.05) is 0 Å². The summed E-state index contributed by atoms with van der Waals surface area (Å²) in [5.41, 5.74) is 0. The Hall–Kier alpha value is -0.340. The summed E-state index contributed by atoms with van der Waals surface area (Å²) in [6.45, 7) is 0. The fraction of sp³-hybridized carbons (Fsp3) is 0.333. The van der Waals surface area contributed by atoms with Gasteiger partial charge in [-0.25, -0.2) is 0 Å². The highest BCUT2D eigenvalue weighted by Gasteiger charge is 2.23. The summed E-state index contributed by atoms with van der Waals surface area (Å²) >= 11 is 10.8. The van der Waals surface area contributed by atoms with Gasteiger partial charge >= 0.3 is 0 Å². The van der Waals surface area contributed by atoms with Gasteiger partial charge in [0.15, 0.2) is 11.6 Å². The zero-order valence-electron chi connectivity index (χ0n) is 4.99. The van der Waals surface area contributed by atoms with Crippen LogP contribution in [0.4, 0.5) is 0 Å². The number of ketones is 2. The van der Waals surface area contributed by atoms with Crippen molar-refractivity contribution >= 4 is 34.8 Å². The third kappa shape index (κ3) is 1.22. The van der Waals surface area contributed by atoms with E-state index in [0.29, 0.717) is 0 Å². The summed E-state index contributed by atoms with van der Waals surface area (Å²) in [5.74, 6) is -0.488. The predicted molar refractivity (Wildman–Crippen MR) is 38.0 cm³/mol. The van der Waals surface area contributed by atoms with Crippen LogP contribution in [0.1, 0.15) is 12.8 Å². The topological polar surface area (TPSA) is 34.1 Å². The lowest BCUT2D eigenvalue weighted by molar-refractivity contribution is -0.121. The lowest BCUT2D eigenvalue weighted by Gasteiger charge is -2.07. The van der Waals surface area contributed by atoms with E-state index in [1.807, 2.05) is 0 Å². The van der Waals surface area contributed by atoms with Crippen molar-refractivity contribution in [3.8, 4) is 0 Å². The van der Waals surface area contributed by atoms with Crippen LogP contribution in [0.25, 0.3) is 0 Å². The molecule has 4 heteroatoms. The second kappa shape index (κ2) is 2.72. The van der Waals surface area contributed by atoms with E-state index in [9.17, 15) is 9.59 Å². The van der Waals surface area contributed by atoms with Crippen LogP contribution in [-0.4, -0.2) is 11.6 Å². The fourth-order valence-electron chi connectivity index (χ4n) is 0.691. The number of hydrogen-bond donors (Lipinski definition) is 0. The first-order chi connectivity index (χ1) is 4.63. The minimum Gasteiger partial charge on any atom is -0.293 e. The van der Waals surface area contributed by atoms with E-state index in [1.54, 1.807) is 0 Å². The zero-order chi connectivity index (χ0) is 7.72. The molecule has 0 heterocycles. The van der Waals surface area contributed by atoms with Gasteiger partial charge < -0.3 is 0 Å². The molecule has 0 saturated carbocycles. The van der Waals surface area contributed by atoms with Crippen LogP contribution in [0.2, 0.25) is 0 Å². The average Bonchev–Trinajstić information content (AvgIpc) is 1.93. The van der Waals surface area contributed by atoms with Crippen LogP contribution < -0.4 is 0 Å². The lowest BCUT2D eigenvalue weighted by Crippen LogP contribution is -2.13. The number of rotatable bonds is 0. The summed E-state index contributed by atoms with van der Waals surface area (Å²) in [7, 11) is 0. The molecule has 0 atom stereocenters. The molecule has 0 unspecified atom stereocenters. The molecule has 0 aromatic heterocycles. The van der Waals surface area contributed by atoms with Gasteiger partial charge in [0.2, 0.25) is 0 Å². The molecule has 1 aliphatic carbocycles. The minimum absolute atomic E-state index is 0.113. The van der Waals surface area contributed by atoms with Crippen molar-refractivity contribution in [2.24, 2.45) is 0 Å². The first kappa shape index (κ1) is 7.76. The molecule has 2 nitrogen and oxygen atoms in total. The molecule has 1 rings (SSSR count). The summed E-state index contributed by atoms with van der Waals surface area (Å²) in [4.78, 5) is 21.4. The monoisotopic (exact) mass is 178 g/mol. The number of halogens is 2. The standard InChI is InChI=1S/C6H4Cl2O2/c7-5-3(9)1-2-4(10)6(5)8/h1-2H2. The first-order valence-electron chi connectivity index (χ1n) is 2.74. The van der Waals surface area contributed by atoms with Crippen molar-refractivity contribution in [2.45, 2.75) is 12.8 Å². The highest BCUT2D eigenvalue weighted by atomic mass is 35.5. The van der Waals surface area contributed by atoms with Gasteiger partial charge in [-0.3, -0.25) is 9.59 Å². The van der Waals surface area contributed by atoms with Crippen molar-refractivity contribution < 1.29 is 9.59 Å². The lowest BCUT2D eigenvalue weighted by atomic mass is 10.1. The van der Waals surface area contributed by atoms with Crippen LogP contribution in [0.3, 0.4) is 0 Å². The number of hydrogen-bond acceptors (Lipinski definition) is 2. The highest BCUT2D eigenvalue weighted by Crippen LogP contribution is 2.24. The van der Waals surface area contributed by atoms with Gasteiger partial charge in [0.25, 0.3) is 0 Å². The second-order valence-corrected chi connectivity index (χ2v) is 2.73. The number of allylic oxidation sites excluding steroid dienone is 2. The fourth-order valence-corrected chi connectivity index (χ4v) is 1.09. The molecule has 0 spiro atoms. The molecular formula is C6H4Cl2O2. The summed E-state index contributed by atoms with van der Waals surface area (Å²) < 4.78 is 0. The third-order valence-corrected chi connectivity index (χ3v) is 2.16. The molecule has 0 fully saturated rings. The quantitative estimate of drug-likeness (QED) is 0.565. The largest absolute Gasteiger partial charge is 0.293 e. The van der Waals surface area contributed by atoms with Crippen molar-refractivity contribution in [3.63, 3.8) is 0 Å². The SMILES string of the molecule is O=C1CCC(=O)C(Cl)=C1Cl. The van der Waals surface area contributed by atoms with Crippen LogP contribution >= 0.6 is 23.2 Å². The maximum Gasteiger partial charge on any atom is 0.176 e. The van der Waals surface area contributed by atoms with Gasteiger partial charge in [-0.05, 0) is 0 Å². The summed E-state index contributed by atoms with van der Waals surface area (Å²) in [6, 6.07) is 0. The molecule has 0 radical (unpaired) electrons. The molecule has 0 saturated heterocycles. The van der Waals surface area contributed by atoms with Gasteiger partial charge in [-0.1, -0.05) is 23.2 Å². The molecule has 0 aromatic rings. The van der Waals surface area contributed by atoms with Gasteiger partial charge in [-0.2, -0.15) is 0 Å². The third-order valence-electron chi connectivity index (χ3n) is 1.26. The Balaban J connectivity index is 3.03. The molecule has 0 bridgehead atoms. The molecule has 54 valence electrons. The Morgan fingerprint density at radius 1 is 0.900 bits per heavy atom. The van der Waals surface area contributed by atoms with E-state index in [-0.39, 0.29) is 34.5 Å². The Bertz CT molecular complexity index is 206. The predicted octanol–water partition coefficient (Wildman–Crippen LogP) is 1.61. The average molecular weight is 179 g/mol. The molecule has 10 heavy (non-hydrogen) atoms. The number of Topliss-reactive ketones (excluding diaryl/α,β-unsaturated/α-hetero) is 2. The van der Waals surface area contributed by atoms with E-state index in [1.165, 1.54) is 0 Å². The van der Waals surface area contributed by atoms with Crippen LogP contribution in [0.15, 0.2) is 10.1 Å². The van der Waals surface area contributed by atoms with Crippen LogP contribution in [0.5, 0.6) is 0 Å². The van der Waals surface area contributed by atoms with Gasteiger partial charge in [0, 0.05) is 12.8 Å². The Morgan fingerprint density at radius 3 is 1.50 bits per heavy atom. The Morgan fingerprint density at radius 2 is 1.20 bits per heavy atom. The summed E-state index contributed by atoms with van der Waals surface area (Å²) in [6.07, 6.45) is 0.377. The maximum atomic E-state index is 10.7. The normalized spacial score (nSPS) is 20.2. The highest BCUT2D eigenvalue weighted by molar-refractivity contribution is 6.55. The number of carbonyl (C=O) groups is 2. The second-order valence-electron chi connectivity index (χ2n) is 1.97. The molecule has 0 amide bonds. The molecule has 0 N–H and O–H groups in total. The Kier molecular flexibility index (Phi) is 2.11. The maximum absolute atomic E-state index is 10.7. The van der Waals surface area contributed by atoms with Gasteiger partial charge in [0.05, 0.1) is 0 Å². The Labute approximate surface area is 67.8 Å². The smallest absolute Gasteiger partial charge is 0.176 e. The van der Waals surface area contributed by atoms with Gasteiger partial charge in [-0.15, -0.1) is 0 Å². The van der Waals surface area contributed by atoms with Crippen LogP contribution in [-0.2, 0) is 9.59 Å². The molecular weight excluding hydrogens is 175 g/mol. The first-order valence-corrected chi connectivity index (χ1v) is 3.50. The van der Waals surface area contributed by atoms with Gasteiger partial charge in [0.1, 0.15) is 10.1 Å². The number of carbonyl (C=O) groups excluding carboxylic acids is 2. The molecule has 1 aliphatic rings. The molecule has 0 aliphatic heterocycles. The zero-order valence-corrected chi connectivity index (χ0v) is 6.50. The van der Waals surface area contributed by atoms with Crippen molar-refractivity contribution in [1.82, 2.24) is 0 Å². The van der Waals surface area contributed by atoms with Crippen molar-refractivity contribution in [3.05, 3.63) is 10.1 Å². The van der Waals surface area contributed by atoms with E-state index >= 15 is 0 Å². The van der Waals surface area contributed by atoms with E-state index < -0.39 is 0 Å². The van der Waals surface area contributed by atoms with Crippen molar-refractivity contribution in [1.29, 1.82) is 0 Å². The summed E-state index contributed by atoms with van der Waals surface area (Å²) in [5, 5.41) is -0.226. The van der Waals surface area contributed by atoms with Crippen LogP contribution in [0, 0.1) is 0 Å². The minimum atomic E-state index is -0.244. The van der Waals surface area contributed by atoms with E-state index in [0.717, 1.165) is 0 Å². The van der Waals surface area contributed by atoms with E-state index in [4.69, 9.17) is 23.2 Å².